The van der Waals surface area contributed by atoms with Crippen molar-refractivity contribution in [1.82, 2.24) is 5.43 Å². The largest absolute Gasteiger partial charge is 0.489 e. The molecule has 0 aliphatic rings. The normalized spacial score (nSPS) is 10.3. The van der Waals surface area contributed by atoms with Crippen LogP contribution in [0.15, 0.2) is 71.3 Å². The van der Waals surface area contributed by atoms with Crippen molar-refractivity contribution in [1.29, 1.82) is 0 Å². The Morgan fingerprint density at radius 2 is 1.91 bits per heavy atom. The second-order valence-corrected chi connectivity index (χ2v) is 4.94. The van der Waals surface area contributed by atoms with Gasteiger partial charge in [0.25, 0.3) is 0 Å². The predicted octanol–water partition coefficient (Wildman–Crippen LogP) is 3.13. The third kappa shape index (κ3) is 3.41. The molecule has 0 aliphatic carbocycles. The number of hydrogen-bond donors (Lipinski definition) is 2. The Morgan fingerprint density at radius 3 is 2.70 bits per heavy atom. The first kappa shape index (κ1) is 14.9. The molecule has 1 aromatic heterocycles. The van der Waals surface area contributed by atoms with E-state index >= 15 is 0 Å². The number of furan rings is 1. The van der Waals surface area contributed by atoms with E-state index in [0.29, 0.717) is 17.9 Å². The van der Waals surface area contributed by atoms with Gasteiger partial charge in [-0.15, -0.1) is 0 Å². The summed E-state index contributed by atoms with van der Waals surface area (Å²) < 4.78 is 11.0. The Morgan fingerprint density at radius 1 is 1.09 bits per heavy atom. The van der Waals surface area contributed by atoms with Gasteiger partial charge in [0.1, 0.15) is 12.4 Å². The first-order valence-corrected chi connectivity index (χ1v) is 7.13. The molecule has 23 heavy (non-hydrogen) atoms. The number of hydrazine groups is 1. The van der Waals surface area contributed by atoms with Gasteiger partial charge >= 0.3 is 5.91 Å². The predicted molar refractivity (Wildman–Crippen MR) is 86.6 cm³/mol. The van der Waals surface area contributed by atoms with Crippen LogP contribution in [0.1, 0.15) is 16.1 Å². The lowest BCUT2D eigenvalue weighted by atomic mass is 10.1. The van der Waals surface area contributed by atoms with Crippen LogP contribution in [-0.4, -0.2) is 5.91 Å². The Labute approximate surface area is 133 Å². The van der Waals surface area contributed by atoms with Crippen LogP contribution in [0.5, 0.6) is 5.75 Å². The van der Waals surface area contributed by atoms with E-state index in [1.165, 1.54) is 6.26 Å². The maximum atomic E-state index is 11.7. The summed E-state index contributed by atoms with van der Waals surface area (Å²) in [6.07, 6.45) is 1.46. The van der Waals surface area contributed by atoms with Gasteiger partial charge in [-0.3, -0.25) is 10.2 Å². The minimum Gasteiger partial charge on any atom is -0.489 e. The molecule has 3 rings (SSSR count). The highest BCUT2D eigenvalue weighted by atomic mass is 16.5. The Bertz CT molecular complexity index is 797. The zero-order chi connectivity index (χ0) is 16.1. The summed E-state index contributed by atoms with van der Waals surface area (Å²) in [6.45, 7) is 0.478. The lowest BCUT2D eigenvalue weighted by molar-refractivity contribution is 0.0927. The van der Waals surface area contributed by atoms with Gasteiger partial charge in [-0.1, -0.05) is 42.5 Å². The van der Waals surface area contributed by atoms with Crippen LogP contribution in [-0.2, 0) is 6.61 Å². The van der Waals surface area contributed by atoms with Crippen molar-refractivity contribution in [3.63, 3.8) is 0 Å². The highest BCUT2D eigenvalue weighted by molar-refractivity contribution is 5.97. The molecule has 0 fully saturated rings. The zero-order valence-corrected chi connectivity index (χ0v) is 12.4. The van der Waals surface area contributed by atoms with Crippen LogP contribution in [0, 0.1) is 0 Å². The van der Waals surface area contributed by atoms with E-state index in [1.54, 1.807) is 6.07 Å². The Kier molecular flexibility index (Phi) is 4.40. The molecular weight excluding hydrogens is 292 g/mol. The van der Waals surface area contributed by atoms with E-state index in [1.807, 2.05) is 54.6 Å². The molecule has 0 bridgehead atoms. The number of rotatable bonds is 5. The number of nitrogens with two attached hydrogens (primary N) is 1. The van der Waals surface area contributed by atoms with E-state index in [2.05, 4.69) is 5.43 Å². The van der Waals surface area contributed by atoms with E-state index in [9.17, 15) is 4.79 Å². The maximum Gasteiger partial charge on any atom is 0.301 e. The van der Waals surface area contributed by atoms with Gasteiger partial charge in [0.05, 0.1) is 6.26 Å². The average molecular weight is 308 g/mol. The van der Waals surface area contributed by atoms with E-state index in [-0.39, 0.29) is 5.76 Å². The summed E-state index contributed by atoms with van der Waals surface area (Å²) in [6, 6.07) is 19.1. The highest BCUT2D eigenvalue weighted by Crippen LogP contribution is 2.28. The smallest absolute Gasteiger partial charge is 0.301 e. The van der Waals surface area contributed by atoms with Crippen molar-refractivity contribution >= 4 is 5.91 Å². The first-order chi connectivity index (χ1) is 11.3. The zero-order valence-electron chi connectivity index (χ0n) is 12.4. The van der Waals surface area contributed by atoms with Crippen molar-refractivity contribution < 1.29 is 13.9 Å². The fourth-order valence-corrected chi connectivity index (χ4v) is 2.27. The number of amides is 1. The molecule has 5 nitrogen and oxygen atoms in total. The fourth-order valence-electron chi connectivity index (χ4n) is 2.27. The molecule has 1 amide bonds. The fraction of sp³-hybridized carbons (Fsp3) is 0.0556. The molecule has 0 unspecified atom stereocenters. The van der Waals surface area contributed by atoms with Gasteiger partial charge in [0.2, 0.25) is 0 Å². The summed E-state index contributed by atoms with van der Waals surface area (Å²) in [5.74, 6) is 5.58. The number of carbonyl (C=O) groups excluding carboxylic acids is 1. The molecule has 0 saturated heterocycles. The topological polar surface area (TPSA) is 77.5 Å². The molecule has 116 valence electrons. The van der Waals surface area contributed by atoms with Gasteiger partial charge in [0.15, 0.2) is 5.76 Å². The van der Waals surface area contributed by atoms with Crippen molar-refractivity contribution in [2.45, 2.75) is 6.61 Å². The second kappa shape index (κ2) is 6.81. The highest BCUT2D eigenvalue weighted by Gasteiger charge is 2.16. The molecule has 3 N–H and O–H groups in total. The van der Waals surface area contributed by atoms with Crippen LogP contribution in [0.2, 0.25) is 0 Å². The van der Waals surface area contributed by atoms with Crippen LogP contribution in [0.25, 0.3) is 11.1 Å². The molecule has 0 aliphatic heterocycles. The lowest BCUT2D eigenvalue weighted by Gasteiger charge is -2.08. The average Bonchev–Trinajstić information content (AvgIpc) is 3.10. The lowest BCUT2D eigenvalue weighted by Crippen LogP contribution is -2.29. The molecule has 0 spiro atoms. The standard InChI is InChI=1S/C18H16N2O3/c19-20-18(21)17-16(9-10-22-17)14-7-4-8-15(11-14)23-12-13-5-2-1-3-6-13/h1-11H,12,19H2,(H,20,21). The number of benzene rings is 2. The van der Waals surface area contributed by atoms with Crippen molar-refractivity contribution in [3.8, 4) is 16.9 Å². The van der Waals surface area contributed by atoms with Crippen molar-refractivity contribution in [2.75, 3.05) is 0 Å². The number of hydrogen-bond acceptors (Lipinski definition) is 4. The molecular formula is C18H16N2O3. The quantitative estimate of drug-likeness (QED) is 0.431. The minimum absolute atomic E-state index is 0.174. The van der Waals surface area contributed by atoms with Crippen LogP contribution in [0.3, 0.4) is 0 Å². The third-order valence-corrected chi connectivity index (χ3v) is 3.40. The Balaban J connectivity index is 1.80. The number of ether oxygens (including phenoxy) is 1. The summed E-state index contributed by atoms with van der Waals surface area (Å²) in [4.78, 5) is 11.7. The minimum atomic E-state index is -0.472. The van der Waals surface area contributed by atoms with Gasteiger partial charge in [0, 0.05) is 5.56 Å². The van der Waals surface area contributed by atoms with E-state index in [0.717, 1.165) is 11.1 Å². The third-order valence-electron chi connectivity index (χ3n) is 3.40. The molecule has 0 atom stereocenters. The van der Waals surface area contributed by atoms with Gasteiger partial charge in [-0.2, -0.15) is 0 Å². The monoisotopic (exact) mass is 308 g/mol. The summed E-state index contributed by atoms with van der Waals surface area (Å²) in [5.41, 5.74) is 4.65. The van der Waals surface area contributed by atoms with Gasteiger partial charge < -0.3 is 9.15 Å². The maximum absolute atomic E-state index is 11.7. The van der Waals surface area contributed by atoms with Gasteiger partial charge in [-0.25, -0.2) is 5.84 Å². The van der Waals surface area contributed by atoms with Crippen LogP contribution >= 0.6 is 0 Å². The summed E-state index contributed by atoms with van der Waals surface area (Å²) >= 11 is 0. The number of nitrogens with one attached hydrogen (secondary N) is 1. The molecule has 5 heteroatoms. The second-order valence-electron chi connectivity index (χ2n) is 4.94. The SMILES string of the molecule is NNC(=O)c1occc1-c1cccc(OCc2ccccc2)c1. The molecule has 1 heterocycles. The van der Waals surface area contributed by atoms with Crippen molar-refractivity contribution in [3.05, 3.63) is 78.3 Å². The molecule has 0 radical (unpaired) electrons. The summed E-state index contributed by atoms with van der Waals surface area (Å²) in [7, 11) is 0. The van der Waals surface area contributed by atoms with Crippen LogP contribution < -0.4 is 16.0 Å². The molecule has 3 aromatic rings. The first-order valence-electron chi connectivity index (χ1n) is 7.13. The van der Waals surface area contributed by atoms with Crippen molar-refractivity contribution in [2.24, 2.45) is 5.84 Å². The van der Waals surface area contributed by atoms with E-state index in [4.69, 9.17) is 15.0 Å². The van der Waals surface area contributed by atoms with Gasteiger partial charge in [-0.05, 0) is 29.3 Å². The Hall–Kier alpha value is -3.05. The molecule has 0 saturated carbocycles. The molecule has 2 aromatic carbocycles. The number of carbonyl (C=O) groups is 1. The van der Waals surface area contributed by atoms with Crippen LogP contribution in [0.4, 0.5) is 0 Å². The van der Waals surface area contributed by atoms with E-state index < -0.39 is 5.91 Å². The number of nitrogen functional groups attached to an aromatic ring is 1. The summed E-state index contributed by atoms with van der Waals surface area (Å²) in [5, 5.41) is 0.